The van der Waals surface area contributed by atoms with E-state index in [-0.39, 0.29) is 0 Å². The zero-order valence-corrected chi connectivity index (χ0v) is 7.56. The number of hydrogen-bond acceptors (Lipinski definition) is 0. The van der Waals surface area contributed by atoms with E-state index in [1.165, 1.54) is 25.7 Å². The van der Waals surface area contributed by atoms with Gasteiger partial charge in [-0.1, -0.05) is 46.5 Å². The van der Waals surface area contributed by atoms with Crippen LogP contribution < -0.4 is 0 Å². The normalized spacial score (nSPS) is 24.0. The van der Waals surface area contributed by atoms with Crippen molar-refractivity contribution in [3.63, 3.8) is 0 Å². The molecule has 1 saturated carbocycles. The minimum absolute atomic E-state index is 0.892. The van der Waals surface area contributed by atoms with Crippen LogP contribution in [0, 0.1) is 17.8 Å². The topological polar surface area (TPSA) is 0 Å². The van der Waals surface area contributed by atoms with Crippen LogP contribution in [-0.2, 0) is 0 Å². The van der Waals surface area contributed by atoms with Crippen LogP contribution in [-0.4, -0.2) is 0 Å². The molecule has 0 aromatic rings. The minimum Gasteiger partial charge on any atom is -0.0625 e. The Labute approximate surface area is 65.0 Å². The highest BCUT2D eigenvalue weighted by atomic mass is 14.3. The van der Waals surface area contributed by atoms with E-state index in [4.69, 9.17) is 0 Å². The second-order valence-electron chi connectivity index (χ2n) is 4.15. The Kier molecular flexibility index (Phi) is 2.76. The van der Waals surface area contributed by atoms with Crippen LogP contribution in [0.4, 0.5) is 0 Å². The SMILES string of the molecule is CC(C)[C@@H](C)C1CCCC1. The maximum atomic E-state index is 2.42. The Balaban J connectivity index is 2.32. The number of hydrogen-bond donors (Lipinski definition) is 0. The fourth-order valence-corrected chi connectivity index (χ4v) is 2.03. The summed E-state index contributed by atoms with van der Waals surface area (Å²) < 4.78 is 0. The van der Waals surface area contributed by atoms with Crippen molar-refractivity contribution in [1.82, 2.24) is 0 Å². The maximum Gasteiger partial charge on any atom is -0.0386 e. The van der Waals surface area contributed by atoms with Gasteiger partial charge in [-0.05, 0) is 17.8 Å². The van der Waals surface area contributed by atoms with Crippen LogP contribution in [0.5, 0.6) is 0 Å². The Hall–Kier alpha value is 0. The fraction of sp³-hybridized carbons (Fsp3) is 1.00. The van der Waals surface area contributed by atoms with Gasteiger partial charge in [-0.3, -0.25) is 0 Å². The summed E-state index contributed by atoms with van der Waals surface area (Å²) in [5.41, 5.74) is 0. The first-order valence-corrected chi connectivity index (χ1v) is 4.72. The molecule has 0 unspecified atom stereocenters. The summed E-state index contributed by atoms with van der Waals surface area (Å²) in [5.74, 6) is 2.91. The second kappa shape index (κ2) is 3.41. The lowest BCUT2D eigenvalue weighted by molar-refractivity contribution is 0.282. The molecular formula is C10H20. The molecule has 60 valence electrons. The first-order chi connectivity index (χ1) is 4.72. The molecule has 0 saturated heterocycles. The molecule has 1 aliphatic rings. The summed E-state index contributed by atoms with van der Waals surface area (Å²) in [4.78, 5) is 0. The van der Waals surface area contributed by atoms with Crippen LogP contribution in [0.1, 0.15) is 46.5 Å². The Bertz CT molecular complexity index is 88.2. The third-order valence-corrected chi connectivity index (χ3v) is 3.19. The van der Waals surface area contributed by atoms with E-state index in [1.807, 2.05) is 0 Å². The lowest BCUT2D eigenvalue weighted by atomic mass is 9.84. The molecule has 0 heterocycles. The highest BCUT2D eigenvalue weighted by molar-refractivity contribution is 4.74. The predicted molar refractivity (Wildman–Crippen MR) is 46.0 cm³/mol. The van der Waals surface area contributed by atoms with Crippen molar-refractivity contribution in [2.75, 3.05) is 0 Å². The first kappa shape index (κ1) is 8.10. The third kappa shape index (κ3) is 1.74. The minimum atomic E-state index is 0.892. The van der Waals surface area contributed by atoms with E-state index in [0.29, 0.717) is 0 Å². The fourth-order valence-electron chi connectivity index (χ4n) is 2.03. The molecule has 0 amide bonds. The van der Waals surface area contributed by atoms with E-state index in [9.17, 15) is 0 Å². The zero-order valence-electron chi connectivity index (χ0n) is 7.56. The molecule has 0 bridgehead atoms. The van der Waals surface area contributed by atoms with Crippen LogP contribution in [0.3, 0.4) is 0 Å². The molecular weight excluding hydrogens is 120 g/mol. The highest BCUT2D eigenvalue weighted by Crippen LogP contribution is 2.34. The predicted octanol–water partition coefficient (Wildman–Crippen LogP) is 3.47. The molecule has 1 rings (SSSR count). The summed E-state index contributed by atoms with van der Waals surface area (Å²) in [6.45, 7) is 7.12. The van der Waals surface area contributed by atoms with Gasteiger partial charge in [0, 0.05) is 0 Å². The largest absolute Gasteiger partial charge is 0.0625 e. The highest BCUT2D eigenvalue weighted by Gasteiger charge is 2.22. The van der Waals surface area contributed by atoms with E-state index >= 15 is 0 Å². The third-order valence-electron chi connectivity index (χ3n) is 3.19. The molecule has 0 spiro atoms. The molecule has 0 aromatic heterocycles. The van der Waals surface area contributed by atoms with Gasteiger partial charge in [0.05, 0.1) is 0 Å². The van der Waals surface area contributed by atoms with Crippen molar-refractivity contribution in [1.29, 1.82) is 0 Å². The van der Waals surface area contributed by atoms with Gasteiger partial charge in [0.1, 0.15) is 0 Å². The molecule has 1 atom stereocenters. The van der Waals surface area contributed by atoms with E-state index < -0.39 is 0 Å². The molecule has 0 nitrogen and oxygen atoms in total. The first-order valence-electron chi connectivity index (χ1n) is 4.72. The van der Waals surface area contributed by atoms with Crippen LogP contribution in [0.15, 0.2) is 0 Å². The van der Waals surface area contributed by atoms with Crippen molar-refractivity contribution in [2.45, 2.75) is 46.5 Å². The summed E-state index contributed by atoms with van der Waals surface area (Å²) in [6.07, 6.45) is 5.97. The van der Waals surface area contributed by atoms with Crippen molar-refractivity contribution in [2.24, 2.45) is 17.8 Å². The standard InChI is InChI=1S/C10H20/c1-8(2)9(3)10-6-4-5-7-10/h8-10H,4-7H2,1-3H3/t9-/m1/s1. The van der Waals surface area contributed by atoms with Gasteiger partial charge in [0.15, 0.2) is 0 Å². The molecule has 0 aromatic carbocycles. The second-order valence-corrected chi connectivity index (χ2v) is 4.15. The van der Waals surface area contributed by atoms with E-state index in [2.05, 4.69) is 20.8 Å². The average molecular weight is 140 g/mol. The molecule has 10 heavy (non-hydrogen) atoms. The average Bonchev–Trinajstić information content (AvgIpc) is 2.36. The van der Waals surface area contributed by atoms with Gasteiger partial charge < -0.3 is 0 Å². The van der Waals surface area contributed by atoms with Gasteiger partial charge in [-0.2, -0.15) is 0 Å². The van der Waals surface area contributed by atoms with Gasteiger partial charge in [-0.25, -0.2) is 0 Å². The molecule has 0 radical (unpaired) electrons. The molecule has 1 fully saturated rings. The van der Waals surface area contributed by atoms with Gasteiger partial charge >= 0.3 is 0 Å². The smallest absolute Gasteiger partial charge is 0.0386 e. The van der Waals surface area contributed by atoms with Crippen molar-refractivity contribution in [3.8, 4) is 0 Å². The van der Waals surface area contributed by atoms with Crippen LogP contribution in [0.25, 0.3) is 0 Å². The molecule has 0 aliphatic heterocycles. The molecule has 1 aliphatic carbocycles. The van der Waals surface area contributed by atoms with Crippen LogP contribution >= 0.6 is 0 Å². The summed E-state index contributed by atoms with van der Waals surface area (Å²) in [5, 5.41) is 0. The van der Waals surface area contributed by atoms with Gasteiger partial charge in [0.25, 0.3) is 0 Å². The summed E-state index contributed by atoms with van der Waals surface area (Å²) in [7, 11) is 0. The quantitative estimate of drug-likeness (QED) is 0.551. The monoisotopic (exact) mass is 140 g/mol. The molecule has 0 N–H and O–H groups in total. The molecule has 0 heteroatoms. The van der Waals surface area contributed by atoms with E-state index in [0.717, 1.165) is 17.8 Å². The van der Waals surface area contributed by atoms with Crippen LogP contribution in [0.2, 0.25) is 0 Å². The Morgan fingerprint density at radius 1 is 1.00 bits per heavy atom. The van der Waals surface area contributed by atoms with Gasteiger partial charge in [0.2, 0.25) is 0 Å². The Morgan fingerprint density at radius 2 is 1.50 bits per heavy atom. The van der Waals surface area contributed by atoms with Crippen molar-refractivity contribution < 1.29 is 0 Å². The number of rotatable bonds is 2. The van der Waals surface area contributed by atoms with Crippen molar-refractivity contribution >= 4 is 0 Å². The summed E-state index contributed by atoms with van der Waals surface area (Å²) in [6, 6.07) is 0. The Morgan fingerprint density at radius 3 is 1.90 bits per heavy atom. The van der Waals surface area contributed by atoms with Gasteiger partial charge in [-0.15, -0.1) is 0 Å². The summed E-state index contributed by atoms with van der Waals surface area (Å²) >= 11 is 0. The van der Waals surface area contributed by atoms with E-state index in [1.54, 1.807) is 0 Å². The van der Waals surface area contributed by atoms with Crippen molar-refractivity contribution in [3.05, 3.63) is 0 Å². The zero-order chi connectivity index (χ0) is 7.56. The maximum absolute atomic E-state index is 2.42. The lowest BCUT2D eigenvalue weighted by Crippen LogP contribution is -2.13. The lowest BCUT2D eigenvalue weighted by Gasteiger charge is -2.22.